The van der Waals surface area contributed by atoms with Crippen molar-refractivity contribution in [2.45, 2.75) is 290 Å². The van der Waals surface area contributed by atoms with Gasteiger partial charge in [-0.05, 0) is 135 Å². The topological polar surface area (TPSA) is 108 Å². The Kier molecular flexibility index (Phi) is 68.6. The summed E-state index contributed by atoms with van der Waals surface area (Å²) in [5, 5.41) is 0. The van der Waals surface area contributed by atoms with E-state index in [1.807, 2.05) is 21.1 Å². The molecule has 0 aromatic carbocycles. The zero-order chi connectivity index (χ0) is 68.3. The number of ether oxygens (including phenoxy) is 2. The molecular weight excluding hydrogens is 1180 g/mol. The van der Waals surface area contributed by atoms with Gasteiger partial charge in [0.15, 0.2) is 6.10 Å². The monoisotopic (exact) mass is 1320 g/mol. The summed E-state index contributed by atoms with van der Waals surface area (Å²) in [6, 6.07) is 0. The molecule has 0 aromatic rings. The van der Waals surface area contributed by atoms with E-state index in [9.17, 15) is 19.0 Å². The molecule has 10 heteroatoms. The Balaban J connectivity index is 4.10. The third kappa shape index (κ3) is 76.1. The molecule has 1 N–H and O–H groups in total. The second-order valence-electron chi connectivity index (χ2n) is 25.6. The van der Waals surface area contributed by atoms with Gasteiger partial charge in [0.1, 0.15) is 19.8 Å². The van der Waals surface area contributed by atoms with Crippen molar-refractivity contribution in [3.05, 3.63) is 182 Å². The number of nitrogens with zero attached hydrogens (tertiary/aromatic N) is 1. The fraction of sp³-hybridized carbons (Fsp3) is 0.619. The number of esters is 2. The highest BCUT2D eigenvalue weighted by molar-refractivity contribution is 7.47. The Morgan fingerprint density at radius 1 is 0.330 bits per heavy atom. The van der Waals surface area contributed by atoms with E-state index in [4.69, 9.17) is 18.5 Å². The van der Waals surface area contributed by atoms with Crippen LogP contribution in [0.25, 0.3) is 0 Å². The largest absolute Gasteiger partial charge is 0.472 e. The summed E-state index contributed by atoms with van der Waals surface area (Å²) >= 11 is 0. The maximum atomic E-state index is 12.9. The van der Waals surface area contributed by atoms with Crippen molar-refractivity contribution in [3.63, 3.8) is 0 Å². The number of allylic oxidation sites excluding steroid dienone is 30. The molecule has 0 saturated carbocycles. The Morgan fingerprint density at radius 2 is 0.574 bits per heavy atom. The molecule has 0 heterocycles. The molecule has 94 heavy (non-hydrogen) atoms. The molecule has 0 bridgehead atoms. The first-order valence-corrected chi connectivity index (χ1v) is 39.0. The first-order chi connectivity index (χ1) is 46.0. The van der Waals surface area contributed by atoms with Gasteiger partial charge in [0.25, 0.3) is 0 Å². The molecule has 0 aliphatic rings. The molecular formula is C84H139NO8P+. The fourth-order valence-corrected chi connectivity index (χ4v) is 10.5. The van der Waals surface area contributed by atoms with Gasteiger partial charge in [-0.2, -0.15) is 0 Å². The van der Waals surface area contributed by atoms with Crippen LogP contribution < -0.4 is 0 Å². The Bertz CT molecular complexity index is 2240. The number of unbranched alkanes of at least 4 members (excludes halogenated alkanes) is 23. The molecule has 2 atom stereocenters. The van der Waals surface area contributed by atoms with Gasteiger partial charge in [0.2, 0.25) is 0 Å². The third-order valence-electron chi connectivity index (χ3n) is 15.4. The second-order valence-corrected chi connectivity index (χ2v) is 27.0. The summed E-state index contributed by atoms with van der Waals surface area (Å²) in [6.45, 7) is 4.20. The van der Waals surface area contributed by atoms with Crippen molar-refractivity contribution in [2.24, 2.45) is 0 Å². The average molecular weight is 1320 g/mol. The number of phosphoric ester groups is 1. The van der Waals surface area contributed by atoms with E-state index >= 15 is 0 Å². The smallest absolute Gasteiger partial charge is 0.462 e. The standard InChI is InChI=1S/C84H138NO8P/c1-6-8-10-12-14-16-18-20-22-24-26-28-30-32-34-36-38-40-41-42-43-45-47-49-51-53-55-57-59-61-63-65-67-69-71-73-75-77-84(87)93-82(81-92-94(88,89)91-79-78-85(3,4)5)80-90-83(86)76-74-72-70-68-66-64-62-60-58-56-54-52-50-48-46-44-39-37-35-33-31-29-27-25-23-21-19-17-15-13-11-9-7-2/h8-11,14-17,20-23,26-29,32-35,38-40,42-44,47,49,53,55,82H,6-7,12-13,18-19,24-25,30-31,36-37,41,45-46,48,50-52,54,56-81H2,1-5H3/p+1/b10-8-,11-9-,16-14-,17-15-,22-20-,23-21-,28-26-,29-27-,34-32-,35-33-,40-38-,43-42-,44-39-,49-47-,55-53-. The molecule has 0 spiro atoms. The highest BCUT2D eigenvalue weighted by Gasteiger charge is 2.27. The molecule has 9 nitrogen and oxygen atoms in total. The van der Waals surface area contributed by atoms with Crippen LogP contribution in [0.4, 0.5) is 0 Å². The molecule has 0 rings (SSSR count). The van der Waals surface area contributed by atoms with E-state index in [-0.39, 0.29) is 32.0 Å². The number of carbonyl (C=O) groups is 2. The Labute approximate surface area is 578 Å². The normalized spacial score (nSPS) is 14.1. The summed E-state index contributed by atoms with van der Waals surface area (Å²) < 4.78 is 34.8. The molecule has 532 valence electrons. The van der Waals surface area contributed by atoms with Crippen molar-refractivity contribution >= 4 is 19.8 Å². The molecule has 0 fully saturated rings. The van der Waals surface area contributed by atoms with Gasteiger partial charge in [-0.1, -0.05) is 318 Å². The fourth-order valence-electron chi connectivity index (χ4n) is 9.78. The lowest BCUT2D eigenvalue weighted by Crippen LogP contribution is -2.37. The van der Waals surface area contributed by atoms with E-state index in [2.05, 4.69) is 196 Å². The highest BCUT2D eigenvalue weighted by atomic mass is 31.2. The number of carbonyl (C=O) groups excluding carboxylic acids is 2. The van der Waals surface area contributed by atoms with Gasteiger partial charge in [-0.15, -0.1) is 0 Å². The third-order valence-corrected chi connectivity index (χ3v) is 16.4. The maximum Gasteiger partial charge on any atom is 0.472 e. The lowest BCUT2D eigenvalue weighted by Gasteiger charge is -2.24. The van der Waals surface area contributed by atoms with Crippen LogP contribution >= 0.6 is 7.82 Å². The van der Waals surface area contributed by atoms with Gasteiger partial charge in [0, 0.05) is 12.8 Å². The SMILES string of the molecule is CC/C=C\C/C=C\C/C=C\C/C=C\C/C=C\C/C=C\C/C=C\C/C=C\C/C=C\CCCCCCCCCCCC(=O)OC(COC(=O)CCCCCCCCCCCCCCCC/C=C\C/C=C\C/C=C\C/C=C\C/C=C\C/C=C\CC)COP(=O)(O)OCC[N+](C)(C)C. The van der Waals surface area contributed by atoms with Crippen molar-refractivity contribution < 1.29 is 42.1 Å². The minimum Gasteiger partial charge on any atom is -0.462 e. The summed E-state index contributed by atoms with van der Waals surface area (Å²) in [6.07, 6.45) is 111. The number of hydrogen-bond acceptors (Lipinski definition) is 7. The second kappa shape index (κ2) is 72.4. The summed E-state index contributed by atoms with van der Waals surface area (Å²) in [7, 11) is 1.46. The summed E-state index contributed by atoms with van der Waals surface area (Å²) in [5.74, 6) is -0.811. The number of quaternary nitrogens is 1. The molecule has 0 aliphatic heterocycles. The molecule has 2 unspecified atom stereocenters. The van der Waals surface area contributed by atoms with E-state index in [0.29, 0.717) is 17.4 Å². The predicted molar refractivity (Wildman–Crippen MR) is 408 cm³/mol. The molecule has 0 aromatic heterocycles. The van der Waals surface area contributed by atoms with E-state index in [1.165, 1.54) is 109 Å². The van der Waals surface area contributed by atoms with Gasteiger partial charge in [0.05, 0.1) is 27.7 Å². The van der Waals surface area contributed by atoms with Crippen LogP contribution in [-0.4, -0.2) is 74.9 Å². The van der Waals surface area contributed by atoms with Crippen LogP contribution in [0, 0.1) is 0 Å². The number of rotatable bonds is 67. The minimum absolute atomic E-state index is 0.0221. The van der Waals surface area contributed by atoms with E-state index in [1.54, 1.807) is 0 Å². The summed E-state index contributed by atoms with van der Waals surface area (Å²) in [4.78, 5) is 36.0. The van der Waals surface area contributed by atoms with E-state index in [0.717, 1.165) is 141 Å². The molecule has 0 aliphatic carbocycles. The van der Waals surface area contributed by atoms with Gasteiger partial charge in [-0.25, -0.2) is 4.57 Å². The molecule has 0 saturated heterocycles. The number of hydrogen-bond donors (Lipinski definition) is 1. The Hall–Kier alpha value is -4.89. The highest BCUT2D eigenvalue weighted by Crippen LogP contribution is 2.43. The molecule has 0 amide bonds. The first kappa shape index (κ1) is 89.1. The lowest BCUT2D eigenvalue weighted by molar-refractivity contribution is -0.870. The lowest BCUT2D eigenvalue weighted by atomic mass is 10.0. The maximum absolute atomic E-state index is 12.9. The zero-order valence-electron chi connectivity index (χ0n) is 60.6. The van der Waals surface area contributed by atoms with Crippen molar-refractivity contribution in [1.29, 1.82) is 0 Å². The van der Waals surface area contributed by atoms with Crippen molar-refractivity contribution in [2.75, 3.05) is 47.5 Å². The van der Waals surface area contributed by atoms with Crippen molar-refractivity contribution in [1.82, 2.24) is 0 Å². The summed E-state index contributed by atoms with van der Waals surface area (Å²) in [5.41, 5.74) is 0. The number of likely N-dealkylation sites (N-methyl/N-ethyl adjacent to an activating group) is 1. The van der Waals surface area contributed by atoms with Gasteiger partial charge < -0.3 is 18.9 Å². The van der Waals surface area contributed by atoms with Crippen LogP contribution in [0.3, 0.4) is 0 Å². The van der Waals surface area contributed by atoms with Crippen LogP contribution in [0.15, 0.2) is 182 Å². The van der Waals surface area contributed by atoms with Crippen LogP contribution in [0.5, 0.6) is 0 Å². The molecule has 0 radical (unpaired) electrons. The van der Waals surface area contributed by atoms with Gasteiger partial charge in [-0.3, -0.25) is 18.6 Å². The first-order valence-electron chi connectivity index (χ1n) is 37.5. The van der Waals surface area contributed by atoms with Gasteiger partial charge >= 0.3 is 19.8 Å². The quantitative estimate of drug-likeness (QED) is 0.0211. The average Bonchev–Trinajstić information content (AvgIpc) is 1.56. The minimum atomic E-state index is -4.41. The Morgan fingerprint density at radius 3 is 0.851 bits per heavy atom. The van der Waals surface area contributed by atoms with Crippen LogP contribution in [0.1, 0.15) is 284 Å². The van der Waals surface area contributed by atoms with Crippen LogP contribution in [0.2, 0.25) is 0 Å². The predicted octanol–water partition coefficient (Wildman–Crippen LogP) is 25.0. The zero-order valence-corrected chi connectivity index (χ0v) is 61.5. The number of phosphoric acid groups is 1. The van der Waals surface area contributed by atoms with E-state index < -0.39 is 26.5 Å². The van der Waals surface area contributed by atoms with Crippen LogP contribution in [-0.2, 0) is 32.7 Å². The van der Waals surface area contributed by atoms with Crippen molar-refractivity contribution in [3.8, 4) is 0 Å².